The highest BCUT2D eigenvalue weighted by Crippen LogP contribution is 2.35. The minimum atomic E-state index is -0.492. The van der Waals surface area contributed by atoms with Gasteiger partial charge in [0.05, 0.1) is 38.0 Å². The lowest BCUT2D eigenvalue weighted by Crippen LogP contribution is -2.32. The molecule has 2 aromatic rings. The molecule has 0 radical (unpaired) electrons. The number of amidine groups is 1. The van der Waals surface area contributed by atoms with Crippen molar-refractivity contribution < 1.29 is 28.5 Å². The van der Waals surface area contributed by atoms with Gasteiger partial charge in [0.2, 0.25) is 0 Å². The largest absolute Gasteiger partial charge is 0.493 e. The first kappa shape index (κ1) is 24.3. The third-order valence-corrected chi connectivity index (χ3v) is 5.60. The first-order valence-electron chi connectivity index (χ1n) is 10.4. The fraction of sp³-hybridized carbons (Fsp3) is 0.292. The van der Waals surface area contributed by atoms with Crippen molar-refractivity contribution in [1.82, 2.24) is 4.90 Å². The molecule has 1 aliphatic rings. The van der Waals surface area contributed by atoms with Gasteiger partial charge in [0, 0.05) is 6.61 Å². The summed E-state index contributed by atoms with van der Waals surface area (Å²) in [5, 5.41) is 0.599. The van der Waals surface area contributed by atoms with Crippen molar-refractivity contribution in [2.24, 2.45) is 4.99 Å². The molecule has 3 rings (SSSR count). The van der Waals surface area contributed by atoms with E-state index < -0.39 is 5.97 Å². The molecule has 2 aromatic carbocycles. The Balaban J connectivity index is 1.85. The summed E-state index contributed by atoms with van der Waals surface area (Å²) in [4.78, 5) is 31.3. The second-order valence-electron chi connectivity index (χ2n) is 6.77. The van der Waals surface area contributed by atoms with Crippen LogP contribution in [0.25, 0.3) is 6.08 Å². The summed E-state index contributed by atoms with van der Waals surface area (Å²) < 4.78 is 20.9. The van der Waals surface area contributed by atoms with Crippen LogP contribution in [0.3, 0.4) is 0 Å². The van der Waals surface area contributed by atoms with Crippen molar-refractivity contribution in [2.45, 2.75) is 6.92 Å². The lowest BCUT2D eigenvalue weighted by atomic mass is 10.2. The van der Waals surface area contributed by atoms with Gasteiger partial charge in [-0.25, -0.2) is 9.79 Å². The van der Waals surface area contributed by atoms with Crippen LogP contribution in [0.1, 0.15) is 12.5 Å². The van der Waals surface area contributed by atoms with E-state index in [-0.39, 0.29) is 12.5 Å². The minimum absolute atomic E-state index is 0.139. The van der Waals surface area contributed by atoms with Gasteiger partial charge in [0.15, 0.2) is 23.3 Å². The second kappa shape index (κ2) is 12.1. The molecular formula is C24H26N2O6S. The molecule has 0 bridgehead atoms. The summed E-state index contributed by atoms with van der Waals surface area (Å²) in [7, 11) is 2.80. The maximum absolute atomic E-state index is 13.1. The fourth-order valence-electron chi connectivity index (χ4n) is 2.94. The van der Waals surface area contributed by atoms with E-state index in [1.54, 1.807) is 29.2 Å². The number of benzene rings is 2. The van der Waals surface area contributed by atoms with Crippen molar-refractivity contribution in [3.8, 4) is 11.5 Å². The number of nitrogens with zero attached hydrogens (tertiary/aromatic N) is 2. The molecule has 1 fully saturated rings. The number of carbonyl (C=O) groups excluding carboxylic acids is 2. The summed E-state index contributed by atoms with van der Waals surface area (Å²) in [5.41, 5.74) is 1.52. The van der Waals surface area contributed by atoms with E-state index in [1.807, 2.05) is 37.3 Å². The summed E-state index contributed by atoms with van der Waals surface area (Å²) in [6.45, 7) is 3.09. The smallest absolute Gasteiger partial charge is 0.343 e. The molecule has 1 amide bonds. The van der Waals surface area contributed by atoms with Gasteiger partial charge in [-0.1, -0.05) is 24.3 Å². The summed E-state index contributed by atoms with van der Waals surface area (Å²) >= 11 is 1.31. The molecular weight excluding hydrogens is 444 g/mol. The van der Waals surface area contributed by atoms with Crippen LogP contribution in [-0.2, 0) is 19.1 Å². The van der Waals surface area contributed by atoms with Crippen molar-refractivity contribution in [3.63, 3.8) is 0 Å². The van der Waals surface area contributed by atoms with E-state index in [0.29, 0.717) is 41.3 Å². The lowest BCUT2D eigenvalue weighted by molar-refractivity contribution is -0.142. The highest BCUT2D eigenvalue weighted by Gasteiger charge is 2.33. The predicted octanol–water partition coefficient (Wildman–Crippen LogP) is 3.89. The van der Waals surface area contributed by atoms with Crippen molar-refractivity contribution >= 4 is 40.6 Å². The Morgan fingerprint density at radius 2 is 1.91 bits per heavy atom. The van der Waals surface area contributed by atoms with E-state index in [2.05, 4.69) is 9.73 Å². The van der Waals surface area contributed by atoms with Crippen LogP contribution in [0, 0.1) is 0 Å². The summed E-state index contributed by atoms with van der Waals surface area (Å²) in [5.74, 6) is 0.211. The van der Waals surface area contributed by atoms with Crippen molar-refractivity contribution in [2.75, 3.05) is 40.6 Å². The molecule has 9 heteroatoms. The number of rotatable bonds is 10. The first-order valence-corrected chi connectivity index (χ1v) is 11.2. The number of para-hydroxylation sites is 1. The minimum Gasteiger partial charge on any atom is -0.493 e. The number of carbonyl (C=O) groups is 2. The molecule has 0 aromatic heterocycles. The Hall–Kier alpha value is -3.30. The van der Waals surface area contributed by atoms with Gasteiger partial charge in [-0.05, 0) is 54.6 Å². The molecule has 8 nitrogen and oxygen atoms in total. The van der Waals surface area contributed by atoms with E-state index >= 15 is 0 Å². The Kier molecular flexibility index (Phi) is 8.91. The Morgan fingerprint density at radius 1 is 1.12 bits per heavy atom. The number of thioether (sulfide) groups is 1. The molecule has 1 aliphatic heterocycles. The molecule has 1 saturated heterocycles. The molecule has 0 saturated carbocycles. The van der Waals surface area contributed by atoms with Gasteiger partial charge < -0.3 is 18.9 Å². The Bertz CT molecular complexity index is 1040. The van der Waals surface area contributed by atoms with Crippen LogP contribution in [0.4, 0.5) is 5.69 Å². The number of amides is 1. The van der Waals surface area contributed by atoms with E-state index in [0.717, 1.165) is 11.3 Å². The van der Waals surface area contributed by atoms with E-state index in [4.69, 9.17) is 14.2 Å². The second-order valence-corrected chi connectivity index (χ2v) is 7.78. The zero-order chi connectivity index (χ0) is 23.6. The van der Waals surface area contributed by atoms with Gasteiger partial charge in [-0.3, -0.25) is 9.69 Å². The maximum atomic E-state index is 13.1. The van der Waals surface area contributed by atoms with Gasteiger partial charge in [0.25, 0.3) is 5.91 Å². The number of esters is 1. The van der Waals surface area contributed by atoms with Gasteiger partial charge in [-0.15, -0.1) is 0 Å². The van der Waals surface area contributed by atoms with Crippen LogP contribution in [0.2, 0.25) is 0 Å². The standard InChI is InChI=1S/C24H26N2O6S/c1-4-31-13-12-26-23(28)21(33-24(26)25-18-8-6-5-7-9-18)15-17-10-11-19(20(14-17)29-2)32-16-22(27)30-3/h5-11,14-15H,4,12-13,16H2,1-3H3/b21-15-,25-24?. The van der Waals surface area contributed by atoms with Crippen LogP contribution >= 0.6 is 11.8 Å². The lowest BCUT2D eigenvalue weighted by Gasteiger charge is -2.15. The zero-order valence-electron chi connectivity index (χ0n) is 18.8. The Labute approximate surface area is 197 Å². The molecule has 33 heavy (non-hydrogen) atoms. The molecule has 0 N–H and O–H groups in total. The van der Waals surface area contributed by atoms with E-state index in [9.17, 15) is 9.59 Å². The average Bonchev–Trinajstić information content (AvgIpc) is 3.12. The third kappa shape index (κ3) is 6.59. The van der Waals surface area contributed by atoms with E-state index in [1.165, 1.54) is 26.0 Å². The maximum Gasteiger partial charge on any atom is 0.343 e. The van der Waals surface area contributed by atoms with Crippen molar-refractivity contribution in [3.05, 3.63) is 59.0 Å². The summed E-state index contributed by atoms with van der Waals surface area (Å²) in [6.07, 6.45) is 1.78. The topological polar surface area (TPSA) is 86.7 Å². The van der Waals surface area contributed by atoms with Crippen LogP contribution < -0.4 is 9.47 Å². The van der Waals surface area contributed by atoms with Gasteiger partial charge >= 0.3 is 5.97 Å². The van der Waals surface area contributed by atoms with Crippen LogP contribution in [-0.4, -0.2) is 62.5 Å². The van der Waals surface area contributed by atoms with Gasteiger partial charge in [-0.2, -0.15) is 0 Å². The number of hydrogen-bond acceptors (Lipinski definition) is 8. The van der Waals surface area contributed by atoms with Crippen LogP contribution in [0.5, 0.6) is 11.5 Å². The van der Waals surface area contributed by atoms with Crippen LogP contribution in [0.15, 0.2) is 58.4 Å². The molecule has 174 valence electrons. The van der Waals surface area contributed by atoms with Crippen molar-refractivity contribution in [1.29, 1.82) is 0 Å². The molecule has 1 heterocycles. The summed E-state index contributed by atoms with van der Waals surface area (Å²) in [6, 6.07) is 14.7. The Morgan fingerprint density at radius 3 is 2.61 bits per heavy atom. The number of methoxy groups -OCH3 is 2. The fourth-order valence-corrected chi connectivity index (χ4v) is 3.97. The quantitative estimate of drug-likeness (QED) is 0.296. The molecule has 0 atom stereocenters. The third-order valence-electron chi connectivity index (χ3n) is 4.59. The monoisotopic (exact) mass is 470 g/mol. The SMILES string of the molecule is CCOCCN1C(=O)/C(=C/c2ccc(OCC(=O)OC)c(OC)c2)SC1=Nc1ccccc1. The highest BCUT2D eigenvalue weighted by molar-refractivity contribution is 8.18. The number of ether oxygens (including phenoxy) is 4. The number of aliphatic imine (C=N–C) groups is 1. The highest BCUT2D eigenvalue weighted by atomic mass is 32.2. The van der Waals surface area contributed by atoms with Gasteiger partial charge in [0.1, 0.15) is 0 Å². The zero-order valence-corrected chi connectivity index (χ0v) is 19.6. The normalized spacial score (nSPS) is 15.8. The molecule has 0 aliphatic carbocycles. The number of hydrogen-bond donors (Lipinski definition) is 0. The molecule has 0 spiro atoms. The molecule has 0 unspecified atom stereocenters. The average molecular weight is 471 g/mol. The predicted molar refractivity (Wildman–Crippen MR) is 128 cm³/mol. The first-order chi connectivity index (χ1) is 16.0.